The molecule has 3 aromatic carbocycles. The molecule has 5 rings (SSSR count). The Hall–Kier alpha value is -3.91. The lowest BCUT2D eigenvalue weighted by molar-refractivity contribution is -0.124. The summed E-state index contributed by atoms with van der Waals surface area (Å²) in [5.41, 5.74) is 2.14. The van der Waals surface area contributed by atoms with Crippen LogP contribution in [-0.2, 0) is 9.59 Å². The number of carbonyl (C=O) groups is 3. The second kappa shape index (κ2) is 9.15. The van der Waals surface area contributed by atoms with Gasteiger partial charge in [-0.2, -0.15) is 0 Å². The third kappa shape index (κ3) is 4.20. The smallest absolute Gasteiger partial charge is 0.293 e. The Labute approximate surface area is 199 Å². The molecule has 0 spiro atoms. The lowest BCUT2D eigenvalue weighted by atomic mass is 9.87. The van der Waals surface area contributed by atoms with E-state index in [9.17, 15) is 18.8 Å². The molecule has 1 saturated heterocycles. The molecule has 8 heteroatoms. The van der Waals surface area contributed by atoms with Gasteiger partial charge >= 0.3 is 0 Å². The number of benzene rings is 3. The zero-order valence-electron chi connectivity index (χ0n) is 17.9. The fourth-order valence-electron chi connectivity index (χ4n) is 3.99. The molecule has 170 valence electrons. The Kier molecular flexibility index (Phi) is 5.90. The Morgan fingerprint density at radius 2 is 1.59 bits per heavy atom. The quantitative estimate of drug-likeness (QED) is 0.532. The van der Waals surface area contributed by atoms with Crippen molar-refractivity contribution in [3.8, 4) is 11.5 Å². The van der Waals surface area contributed by atoms with E-state index in [1.165, 1.54) is 24.3 Å². The van der Waals surface area contributed by atoms with E-state index in [1.54, 1.807) is 6.08 Å². The van der Waals surface area contributed by atoms with Gasteiger partial charge in [-0.05, 0) is 47.7 Å². The predicted molar refractivity (Wildman–Crippen MR) is 127 cm³/mol. The van der Waals surface area contributed by atoms with Crippen LogP contribution in [-0.4, -0.2) is 35.0 Å². The van der Waals surface area contributed by atoms with Crippen molar-refractivity contribution >= 4 is 34.9 Å². The number of nitrogens with one attached hydrogen (secondary N) is 1. The second-order valence-corrected chi connectivity index (χ2v) is 8.78. The molecule has 6 nitrogen and oxygen atoms in total. The van der Waals surface area contributed by atoms with Crippen molar-refractivity contribution in [3.05, 3.63) is 100 Å². The number of hydrogen-bond acceptors (Lipinski definition) is 5. The van der Waals surface area contributed by atoms with Crippen LogP contribution < -0.4 is 10.1 Å². The highest BCUT2D eigenvalue weighted by molar-refractivity contribution is 8.18. The first-order chi connectivity index (χ1) is 16.5. The van der Waals surface area contributed by atoms with Crippen molar-refractivity contribution in [2.45, 2.75) is 5.92 Å². The summed E-state index contributed by atoms with van der Waals surface area (Å²) in [6, 6.07) is 20.4. The number of nitrogens with zero attached hydrogens (tertiary/aromatic N) is 1. The van der Waals surface area contributed by atoms with Gasteiger partial charge in [-0.25, -0.2) is 4.39 Å². The van der Waals surface area contributed by atoms with E-state index in [4.69, 9.17) is 4.74 Å². The summed E-state index contributed by atoms with van der Waals surface area (Å²) in [5, 5.41) is 2.45. The topological polar surface area (TPSA) is 75.7 Å². The number of para-hydroxylation sites is 2. The van der Waals surface area contributed by atoms with Gasteiger partial charge in [0.1, 0.15) is 17.3 Å². The first-order valence-electron chi connectivity index (χ1n) is 10.7. The molecule has 2 aliphatic rings. The minimum Gasteiger partial charge on any atom is -0.457 e. The Balaban J connectivity index is 1.27. The summed E-state index contributed by atoms with van der Waals surface area (Å²) in [6.45, 7) is 0.159. The van der Waals surface area contributed by atoms with Crippen molar-refractivity contribution in [2.75, 3.05) is 13.1 Å². The van der Waals surface area contributed by atoms with Gasteiger partial charge in [-0.1, -0.05) is 48.5 Å². The number of carbonyl (C=O) groups excluding carboxylic acids is 3. The first-order valence-corrected chi connectivity index (χ1v) is 11.5. The number of amides is 3. The maximum atomic E-state index is 13.2. The van der Waals surface area contributed by atoms with E-state index < -0.39 is 17.1 Å². The SMILES string of the molecule is O=C(NCCN1C(=O)SC(=Cc2ccc(F)cc2)C1=O)C1c2ccccc2Oc2ccccc21. The second-order valence-electron chi connectivity index (χ2n) is 7.79. The number of thioether (sulfide) groups is 1. The molecule has 0 aliphatic carbocycles. The molecule has 0 atom stereocenters. The van der Waals surface area contributed by atoms with Crippen molar-refractivity contribution in [3.63, 3.8) is 0 Å². The van der Waals surface area contributed by atoms with E-state index in [2.05, 4.69) is 5.32 Å². The summed E-state index contributed by atoms with van der Waals surface area (Å²) >= 11 is 0.825. The fourth-order valence-corrected chi connectivity index (χ4v) is 4.85. The zero-order chi connectivity index (χ0) is 23.7. The molecule has 0 bridgehead atoms. The standard InChI is InChI=1S/C26H19FN2O4S/c27-17-11-9-16(10-12-17)15-22-25(31)29(26(32)34-22)14-13-28-24(30)23-18-5-1-3-7-20(18)33-21-8-4-2-6-19(21)23/h1-12,15,23H,13-14H2,(H,28,30). The average Bonchev–Trinajstić information content (AvgIpc) is 3.11. The maximum Gasteiger partial charge on any atom is 0.293 e. The van der Waals surface area contributed by atoms with Crippen LogP contribution in [0.5, 0.6) is 11.5 Å². The van der Waals surface area contributed by atoms with Crippen LogP contribution in [0.4, 0.5) is 9.18 Å². The zero-order valence-corrected chi connectivity index (χ0v) is 18.7. The normalized spacial score (nSPS) is 16.3. The minimum absolute atomic E-state index is 0.0453. The van der Waals surface area contributed by atoms with Crippen LogP contribution in [0.3, 0.4) is 0 Å². The summed E-state index contributed by atoms with van der Waals surface area (Å²) in [4.78, 5) is 39.6. The highest BCUT2D eigenvalue weighted by Crippen LogP contribution is 2.43. The monoisotopic (exact) mass is 474 g/mol. The van der Waals surface area contributed by atoms with E-state index in [0.29, 0.717) is 17.1 Å². The summed E-state index contributed by atoms with van der Waals surface area (Å²) < 4.78 is 19.0. The van der Waals surface area contributed by atoms with Crippen molar-refractivity contribution in [1.29, 1.82) is 0 Å². The molecular formula is C26H19FN2O4S. The van der Waals surface area contributed by atoms with Crippen LogP contribution in [0.15, 0.2) is 77.7 Å². The average molecular weight is 475 g/mol. The molecule has 3 aromatic rings. The van der Waals surface area contributed by atoms with E-state index in [1.807, 2.05) is 48.5 Å². The van der Waals surface area contributed by atoms with Crippen molar-refractivity contribution in [1.82, 2.24) is 10.2 Å². The van der Waals surface area contributed by atoms with Crippen molar-refractivity contribution < 1.29 is 23.5 Å². The molecule has 2 aliphatic heterocycles. The van der Waals surface area contributed by atoms with Gasteiger partial charge < -0.3 is 10.1 Å². The van der Waals surface area contributed by atoms with E-state index in [-0.39, 0.29) is 29.7 Å². The lowest BCUT2D eigenvalue weighted by Gasteiger charge is -2.27. The van der Waals surface area contributed by atoms with E-state index >= 15 is 0 Å². The van der Waals surface area contributed by atoms with Gasteiger partial charge in [-0.15, -0.1) is 0 Å². The number of fused-ring (bicyclic) bond motifs is 2. The van der Waals surface area contributed by atoms with Gasteiger partial charge in [-0.3, -0.25) is 19.3 Å². The van der Waals surface area contributed by atoms with Gasteiger partial charge in [0.2, 0.25) is 5.91 Å². The van der Waals surface area contributed by atoms with E-state index in [0.717, 1.165) is 27.8 Å². The van der Waals surface area contributed by atoms with Crippen LogP contribution in [0.2, 0.25) is 0 Å². The summed E-state index contributed by atoms with van der Waals surface area (Å²) in [6.07, 6.45) is 1.55. The molecule has 1 N–H and O–H groups in total. The summed E-state index contributed by atoms with van der Waals surface area (Å²) in [5.74, 6) is -0.367. The van der Waals surface area contributed by atoms with Crippen LogP contribution in [0, 0.1) is 5.82 Å². The highest BCUT2D eigenvalue weighted by atomic mass is 32.2. The summed E-state index contributed by atoms with van der Waals surface area (Å²) in [7, 11) is 0. The van der Waals surface area contributed by atoms with Crippen LogP contribution in [0.1, 0.15) is 22.6 Å². The Morgan fingerprint density at radius 3 is 2.24 bits per heavy atom. The molecule has 0 saturated carbocycles. The molecule has 1 fully saturated rings. The van der Waals surface area contributed by atoms with Gasteiger partial charge in [0.15, 0.2) is 0 Å². The molecule has 0 aromatic heterocycles. The molecule has 0 radical (unpaired) electrons. The molecule has 2 heterocycles. The molecule has 0 unspecified atom stereocenters. The van der Waals surface area contributed by atoms with Gasteiger partial charge in [0.05, 0.1) is 10.8 Å². The fraction of sp³-hybridized carbons (Fsp3) is 0.115. The number of hydrogen-bond donors (Lipinski definition) is 1. The van der Waals surface area contributed by atoms with Crippen LogP contribution >= 0.6 is 11.8 Å². The molecule has 34 heavy (non-hydrogen) atoms. The van der Waals surface area contributed by atoms with Crippen molar-refractivity contribution in [2.24, 2.45) is 0 Å². The van der Waals surface area contributed by atoms with Gasteiger partial charge in [0.25, 0.3) is 11.1 Å². The Morgan fingerprint density at radius 1 is 0.971 bits per heavy atom. The third-order valence-electron chi connectivity index (χ3n) is 5.62. The van der Waals surface area contributed by atoms with Gasteiger partial charge in [0, 0.05) is 24.2 Å². The number of imide groups is 1. The first kappa shape index (κ1) is 21.9. The number of ether oxygens (including phenoxy) is 1. The Bertz CT molecular complexity index is 1280. The molecule has 3 amide bonds. The number of halogens is 1. The minimum atomic E-state index is -0.561. The van der Waals surface area contributed by atoms with Crippen LogP contribution in [0.25, 0.3) is 6.08 Å². The molecular weight excluding hydrogens is 455 g/mol. The highest BCUT2D eigenvalue weighted by Gasteiger charge is 2.36. The maximum absolute atomic E-state index is 13.2. The largest absolute Gasteiger partial charge is 0.457 e. The lowest BCUT2D eigenvalue weighted by Crippen LogP contribution is -2.39. The predicted octanol–water partition coefficient (Wildman–Crippen LogP) is 4.92. The third-order valence-corrected chi connectivity index (χ3v) is 6.53. The number of rotatable bonds is 5.